The van der Waals surface area contributed by atoms with Gasteiger partial charge in [-0.05, 0) is 12.8 Å². The second-order valence-corrected chi connectivity index (χ2v) is 3.56. The van der Waals surface area contributed by atoms with Gasteiger partial charge in [0.15, 0.2) is 0 Å². The lowest BCUT2D eigenvalue weighted by atomic mass is 10.2. The molecule has 1 aromatic rings. The van der Waals surface area contributed by atoms with Gasteiger partial charge in [0.05, 0.1) is 24.6 Å². The molecule has 17 heavy (non-hydrogen) atoms. The zero-order chi connectivity index (χ0) is 12.5. The smallest absolute Gasteiger partial charge is 0.243 e. The maximum absolute atomic E-state index is 5.31. The van der Waals surface area contributed by atoms with Gasteiger partial charge >= 0.3 is 0 Å². The number of aryl methyl sites for hydroxylation is 2. The number of nitrogens with one attached hydrogen (secondary N) is 1. The van der Waals surface area contributed by atoms with E-state index in [-0.39, 0.29) is 0 Å². The molecule has 0 unspecified atom stereocenters. The van der Waals surface area contributed by atoms with Crippen molar-refractivity contribution in [3.63, 3.8) is 0 Å². The number of anilines is 1. The third-order valence-electron chi connectivity index (χ3n) is 2.30. The van der Waals surface area contributed by atoms with Crippen LogP contribution >= 0.6 is 0 Å². The van der Waals surface area contributed by atoms with Crippen LogP contribution in [0.4, 0.5) is 5.95 Å². The van der Waals surface area contributed by atoms with E-state index in [1.54, 1.807) is 0 Å². The zero-order valence-corrected chi connectivity index (χ0v) is 10.6. The second kappa shape index (κ2) is 7.92. The molecule has 1 rings (SSSR count). The van der Waals surface area contributed by atoms with E-state index in [0.29, 0.717) is 32.3 Å². The van der Waals surface area contributed by atoms with Gasteiger partial charge < -0.3 is 15.8 Å². The molecule has 0 fully saturated rings. The molecule has 6 nitrogen and oxygen atoms in total. The molecule has 0 bridgehead atoms. The summed E-state index contributed by atoms with van der Waals surface area (Å²) in [5.41, 5.74) is 7.29. The Kier molecular flexibility index (Phi) is 6.42. The van der Waals surface area contributed by atoms with Crippen LogP contribution in [-0.4, -0.2) is 41.5 Å². The van der Waals surface area contributed by atoms with Crippen LogP contribution in [0.15, 0.2) is 0 Å². The van der Waals surface area contributed by atoms with Gasteiger partial charge in [-0.25, -0.2) is 4.98 Å². The summed E-state index contributed by atoms with van der Waals surface area (Å²) in [6, 6.07) is 0. The average Bonchev–Trinajstić information content (AvgIpc) is 2.38. The molecule has 0 amide bonds. The molecule has 0 aliphatic heterocycles. The Morgan fingerprint density at radius 2 is 1.88 bits per heavy atom. The number of hydrogen-bond acceptors (Lipinski definition) is 6. The molecule has 0 aliphatic carbocycles. The largest absolute Gasteiger partial charge is 0.378 e. The first-order chi connectivity index (χ1) is 8.31. The summed E-state index contributed by atoms with van der Waals surface area (Å²) >= 11 is 0. The quantitative estimate of drug-likeness (QED) is 0.638. The standard InChI is InChI=1S/C11H21N5O/c1-3-9-10(4-2)15-16-11(14-9)13-6-8-17-7-5-12/h3-8,12H2,1-2H3,(H,13,14,16). The van der Waals surface area contributed by atoms with Gasteiger partial charge in [0.2, 0.25) is 5.95 Å². The number of aromatic nitrogens is 3. The van der Waals surface area contributed by atoms with Gasteiger partial charge in [0.25, 0.3) is 0 Å². The Morgan fingerprint density at radius 3 is 2.53 bits per heavy atom. The first kappa shape index (κ1) is 13.8. The Labute approximate surface area is 102 Å². The fraction of sp³-hybridized carbons (Fsp3) is 0.727. The van der Waals surface area contributed by atoms with Crippen LogP contribution < -0.4 is 11.1 Å². The van der Waals surface area contributed by atoms with E-state index < -0.39 is 0 Å². The third-order valence-corrected chi connectivity index (χ3v) is 2.30. The number of ether oxygens (including phenoxy) is 1. The second-order valence-electron chi connectivity index (χ2n) is 3.56. The highest BCUT2D eigenvalue weighted by Crippen LogP contribution is 2.06. The van der Waals surface area contributed by atoms with Gasteiger partial charge in [-0.15, -0.1) is 5.10 Å². The lowest BCUT2D eigenvalue weighted by molar-refractivity contribution is 0.151. The molecule has 0 saturated heterocycles. The molecule has 0 aliphatic rings. The summed E-state index contributed by atoms with van der Waals surface area (Å²) < 4.78 is 5.24. The van der Waals surface area contributed by atoms with Gasteiger partial charge in [-0.3, -0.25) is 0 Å². The molecule has 96 valence electrons. The molecule has 0 aromatic carbocycles. The Balaban J connectivity index is 2.43. The van der Waals surface area contributed by atoms with Gasteiger partial charge in [0.1, 0.15) is 0 Å². The lowest BCUT2D eigenvalue weighted by Gasteiger charge is -2.07. The van der Waals surface area contributed by atoms with Crippen LogP contribution in [0.1, 0.15) is 25.2 Å². The SMILES string of the molecule is CCc1nnc(NCCOCCN)nc1CC. The third kappa shape index (κ3) is 4.62. The van der Waals surface area contributed by atoms with Crippen molar-refractivity contribution in [1.29, 1.82) is 0 Å². The summed E-state index contributed by atoms with van der Waals surface area (Å²) in [5.74, 6) is 0.565. The van der Waals surface area contributed by atoms with Crippen LogP contribution in [0.5, 0.6) is 0 Å². The number of nitrogens with two attached hydrogens (primary N) is 1. The molecule has 6 heteroatoms. The van der Waals surface area contributed by atoms with Crippen molar-refractivity contribution in [2.75, 3.05) is 31.6 Å². The van der Waals surface area contributed by atoms with Crippen molar-refractivity contribution >= 4 is 5.95 Å². The van der Waals surface area contributed by atoms with Gasteiger partial charge in [-0.1, -0.05) is 13.8 Å². The summed E-state index contributed by atoms with van der Waals surface area (Å²) in [6.07, 6.45) is 1.74. The molecule has 1 heterocycles. The molecule has 0 atom stereocenters. The number of hydrogen-bond donors (Lipinski definition) is 2. The topological polar surface area (TPSA) is 86.0 Å². The first-order valence-corrected chi connectivity index (χ1v) is 6.05. The van der Waals surface area contributed by atoms with E-state index in [0.717, 1.165) is 24.2 Å². The minimum atomic E-state index is 0.545. The van der Waals surface area contributed by atoms with Crippen molar-refractivity contribution < 1.29 is 4.74 Å². The molecule has 0 radical (unpaired) electrons. The maximum atomic E-state index is 5.31. The molecular weight excluding hydrogens is 218 g/mol. The van der Waals surface area contributed by atoms with Gasteiger partial charge in [-0.2, -0.15) is 5.10 Å². The Hall–Kier alpha value is -1.27. The van der Waals surface area contributed by atoms with Crippen LogP contribution in [0.2, 0.25) is 0 Å². The monoisotopic (exact) mass is 239 g/mol. The zero-order valence-electron chi connectivity index (χ0n) is 10.6. The van der Waals surface area contributed by atoms with E-state index in [9.17, 15) is 0 Å². The molecule has 0 saturated carbocycles. The van der Waals surface area contributed by atoms with Crippen molar-refractivity contribution in [3.8, 4) is 0 Å². The highest BCUT2D eigenvalue weighted by Gasteiger charge is 2.05. The Morgan fingerprint density at radius 1 is 1.12 bits per heavy atom. The predicted molar refractivity (Wildman–Crippen MR) is 66.9 cm³/mol. The van der Waals surface area contributed by atoms with Crippen LogP contribution in [0.3, 0.4) is 0 Å². The predicted octanol–water partition coefficient (Wildman–Crippen LogP) is 0.384. The fourth-order valence-corrected chi connectivity index (χ4v) is 1.43. The van der Waals surface area contributed by atoms with Crippen molar-refractivity contribution in [1.82, 2.24) is 15.2 Å². The molecule has 0 spiro atoms. The molecule has 3 N–H and O–H groups in total. The van der Waals surface area contributed by atoms with Crippen molar-refractivity contribution in [3.05, 3.63) is 11.4 Å². The molecule has 1 aromatic heterocycles. The van der Waals surface area contributed by atoms with E-state index in [4.69, 9.17) is 10.5 Å². The number of rotatable bonds is 8. The van der Waals surface area contributed by atoms with E-state index in [2.05, 4.69) is 34.3 Å². The van der Waals surface area contributed by atoms with Gasteiger partial charge in [0, 0.05) is 13.1 Å². The van der Waals surface area contributed by atoms with Crippen LogP contribution in [0.25, 0.3) is 0 Å². The summed E-state index contributed by atoms with van der Waals surface area (Å²) in [6.45, 7) is 6.50. The average molecular weight is 239 g/mol. The normalized spacial score (nSPS) is 10.5. The lowest BCUT2D eigenvalue weighted by Crippen LogP contribution is -2.16. The van der Waals surface area contributed by atoms with E-state index in [1.165, 1.54) is 0 Å². The van der Waals surface area contributed by atoms with Crippen LogP contribution in [-0.2, 0) is 17.6 Å². The van der Waals surface area contributed by atoms with Crippen molar-refractivity contribution in [2.45, 2.75) is 26.7 Å². The number of nitrogens with zero attached hydrogens (tertiary/aromatic N) is 3. The van der Waals surface area contributed by atoms with E-state index >= 15 is 0 Å². The summed E-state index contributed by atoms with van der Waals surface area (Å²) in [4.78, 5) is 4.41. The summed E-state index contributed by atoms with van der Waals surface area (Å²) in [7, 11) is 0. The van der Waals surface area contributed by atoms with Crippen molar-refractivity contribution in [2.24, 2.45) is 5.73 Å². The maximum Gasteiger partial charge on any atom is 0.243 e. The van der Waals surface area contributed by atoms with E-state index in [1.807, 2.05) is 0 Å². The Bertz CT molecular complexity index is 332. The highest BCUT2D eigenvalue weighted by molar-refractivity contribution is 5.25. The first-order valence-electron chi connectivity index (χ1n) is 6.05. The highest BCUT2D eigenvalue weighted by atomic mass is 16.5. The van der Waals surface area contributed by atoms with Crippen LogP contribution in [0, 0.1) is 0 Å². The molecular formula is C11H21N5O. The minimum absolute atomic E-state index is 0.545. The minimum Gasteiger partial charge on any atom is -0.378 e. The summed E-state index contributed by atoms with van der Waals surface area (Å²) in [5, 5.41) is 11.2. The fourth-order valence-electron chi connectivity index (χ4n) is 1.43.